The minimum atomic E-state index is -0.465. The van der Waals surface area contributed by atoms with Crippen molar-refractivity contribution >= 4 is 0 Å². The van der Waals surface area contributed by atoms with Gasteiger partial charge in [0.1, 0.15) is 5.82 Å². The van der Waals surface area contributed by atoms with Crippen molar-refractivity contribution in [2.24, 2.45) is 5.73 Å². The number of hydrogen-bond donors (Lipinski definition) is 1. The lowest BCUT2D eigenvalue weighted by molar-refractivity contribution is 0.383. The van der Waals surface area contributed by atoms with Gasteiger partial charge in [-0.15, -0.1) is 0 Å². The van der Waals surface area contributed by atoms with E-state index in [2.05, 4.69) is 0 Å². The fourth-order valence-corrected chi connectivity index (χ4v) is 2.23. The Morgan fingerprint density at radius 1 is 1.20 bits per heavy atom. The van der Waals surface area contributed by atoms with Crippen molar-refractivity contribution in [1.82, 2.24) is 0 Å². The van der Waals surface area contributed by atoms with Crippen LogP contribution in [0.5, 0.6) is 5.75 Å². The van der Waals surface area contributed by atoms with Gasteiger partial charge in [-0.25, -0.2) is 8.78 Å². The van der Waals surface area contributed by atoms with Gasteiger partial charge in [0, 0.05) is 6.04 Å². The van der Waals surface area contributed by atoms with Crippen molar-refractivity contribution in [3.05, 3.63) is 64.7 Å². The third-order valence-corrected chi connectivity index (χ3v) is 3.34. The molecule has 0 amide bonds. The van der Waals surface area contributed by atoms with E-state index < -0.39 is 11.9 Å². The highest BCUT2D eigenvalue weighted by atomic mass is 19.1. The highest BCUT2D eigenvalue weighted by Gasteiger charge is 2.15. The van der Waals surface area contributed by atoms with E-state index in [1.807, 2.05) is 6.92 Å². The Bertz CT molecular complexity index is 613. The van der Waals surface area contributed by atoms with Crippen molar-refractivity contribution in [2.75, 3.05) is 7.11 Å². The molecule has 2 aromatic rings. The molecule has 0 aliphatic rings. The molecule has 2 N–H and O–H groups in total. The number of ether oxygens (including phenoxy) is 1. The fourth-order valence-electron chi connectivity index (χ4n) is 2.23. The van der Waals surface area contributed by atoms with Crippen LogP contribution in [0.4, 0.5) is 8.78 Å². The van der Waals surface area contributed by atoms with Gasteiger partial charge in [-0.2, -0.15) is 0 Å². The van der Waals surface area contributed by atoms with Crippen LogP contribution in [0.1, 0.15) is 22.7 Å². The predicted molar refractivity (Wildman–Crippen MR) is 74.7 cm³/mol. The average Bonchev–Trinajstić information content (AvgIpc) is 2.43. The molecule has 0 bridgehead atoms. The lowest BCUT2D eigenvalue weighted by Gasteiger charge is -2.16. The quantitative estimate of drug-likeness (QED) is 0.928. The number of hydrogen-bond acceptors (Lipinski definition) is 2. The van der Waals surface area contributed by atoms with Crippen LogP contribution < -0.4 is 10.5 Å². The molecule has 1 unspecified atom stereocenters. The van der Waals surface area contributed by atoms with E-state index in [0.717, 1.165) is 5.56 Å². The minimum absolute atomic E-state index is 0.186. The van der Waals surface area contributed by atoms with Crippen molar-refractivity contribution in [3.8, 4) is 5.75 Å². The highest BCUT2D eigenvalue weighted by molar-refractivity contribution is 5.34. The summed E-state index contributed by atoms with van der Waals surface area (Å²) in [5.74, 6) is -0.572. The molecule has 2 aromatic carbocycles. The summed E-state index contributed by atoms with van der Waals surface area (Å²) in [5.41, 5.74) is 8.12. The molecular formula is C16H17F2NO. The molecule has 2 rings (SSSR count). The SMILES string of the molecule is COc1cccc(CC(N)c2cc(F)ccc2C)c1F. The molecule has 20 heavy (non-hydrogen) atoms. The number of nitrogens with two attached hydrogens (primary N) is 1. The summed E-state index contributed by atoms with van der Waals surface area (Å²) in [5, 5.41) is 0. The second-order valence-corrected chi connectivity index (χ2v) is 4.74. The zero-order chi connectivity index (χ0) is 14.7. The summed E-state index contributed by atoms with van der Waals surface area (Å²) in [6.45, 7) is 1.86. The van der Waals surface area contributed by atoms with E-state index in [4.69, 9.17) is 10.5 Å². The van der Waals surface area contributed by atoms with E-state index in [1.54, 1.807) is 24.3 Å². The molecule has 0 radical (unpaired) electrons. The highest BCUT2D eigenvalue weighted by Crippen LogP contribution is 2.25. The van der Waals surface area contributed by atoms with Crippen molar-refractivity contribution in [2.45, 2.75) is 19.4 Å². The first kappa shape index (κ1) is 14.5. The summed E-state index contributed by atoms with van der Waals surface area (Å²) in [6, 6.07) is 8.92. The van der Waals surface area contributed by atoms with E-state index >= 15 is 0 Å². The summed E-state index contributed by atoms with van der Waals surface area (Å²) < 4.78 is 32.3. The first-order valence-corrected chi connectivity index (χ1v) is 6.36. The zero-order valence-corrected chi connectivity index (χ0v) is 11.5. The lowest BCUT2D eigenvalue weighted by Crippen LogP contribution is -2.16. The van der Waals surface area contributed by atoms with Crippen LogP contribution in [0.25, 0.3) is 0 Å². The zero-order valence-electron chi connectivity index (χ0n) is 11.5. The second-order valence-electron chi connectivity index (χ2n) is 4.74. The van der Waals surface area contributed by atoms with Crippen molar-refractivity contribution < 1.29 is 13.5 Å². The Hall–Kier alpha value is -1.94. The Kier molecular flexibility index (Phi) is 4.35. The topological polar surface area (TPSA) is 35.2 Å². The molecular weight excluding hydrogens is 260 g/mol. The van der Waals surface area contributed by atoms with Crippen molar-refractivity contribution in [3.63, 3.8) is 0 Å². The van der Waals surface area contributed by atoms with Crippen LogP contribution in [0.15, 0.2) is 36.4 Å². The Balaban J connectivity index is 2.28. The summed E-state index contributed by atoms with van der Waals surface area (Å²) in [6.07, 6.45) is 0.285. The van der Waals surface area contributed by atoms with Gasteiger partial charge >= 0.3 is 0 Å². The maximum absolute atomic E-state index is 14.1. The first-order chi connectivity index (χ1) is 9.52. The Morgan fingerprint density at radius 2 is 1.95 bits per heavy atom. The minimum Gasteiger partial charge on any atom is -0.494 e. The van der Waals surface area contributed by atoms with Gasteiger partial charge < -0.3 is 10.5 Å². The van der Waals surface area contributed by atoms with E-state index in [0.29, 0.717) is 11.1 Å². The summed E-state index contributed by atoms with van der Waals surface area (Å²) >= 11 is 0. The van der Waals surface area contributed by atoms with Gasteiger partial charge in [0.15, 0.2) is 11.6 Å². The van der Waals surface area contributed by atoms with Crippen LogP contribution in [0.2, 0.25) is 0 Å². The Labute approximate surface area is 117 Å². The molecule has 0 spiro atoms. The number of benzene rings is 2. The van der Waals surface area contributed by atoms with Gasteiger partial charge in [-0.3, -0.25) is 0 Å². The van der Waals surface area contributed by atoms with Gasteiger partial charge in [-0.1, -0.05) is 18.2 Å². The van der Waals surface area contributed by atoms with Crippen molar-refractivity contribution in [1.29, 1.82) is 0 Å². The molecule has 0 aliphatic carbocycles. The number of halogens is 2. The number of methoxy groups -OCH3 is 1. The monoisotopic (exact) mass is 277 g/mol. The van der Waals surface area contributed by atoms with Crippen LogP contribution in [-0.4, -0.2) is 7.11 Å². The molecule has 0 saturated heterocycles. The van der Waals surface area contributed by atoms with Gasteiger partial charge in [0.25, 0.3) is 0 Å². The first-order valence-electron chi connectivity index (χ1n) is 6.36. The molecule has 0 fully saturated rings. The van der Waals surface area contributed by atoms with Gasteiger partial charge in [0.05, 0.1) is 7.11 Å². The van der Waals surface area contributed by atoms with Crippen LogP contribution in [0.3, 0.4) is 0 Å². The molecule has 0 heterocycles. The number of rotatable bonds is 4. The molecule has 0 aliphatic heterocycles. The third-order valence-electron chi connectivity index (χ3n) is 3.34. The fraction of sp³-hybridized carbons (Fsp3) is 0.250. The van der Waals surface area contributed by atoms with Crippen LogP contribution in [-0.2, 0) is 6.42 Å². The molecule has 4 heteroatoms. The summed E-state index contributed by atoms with van der Waals surface area (Å²) in [4.78, 5) is 0. The Morgan fingerprint density at radius 3 is 2.65 bits per heavy atom. The van der Waals surface area contributed by atoms with Gasteiger partial charge in [0.2, 0.25) is 0 Å². The van der Waals surface area contributed by atoms with Crippen LogP contribution >= 0.6 is 0 Å². The molecule has 2 nitrogen and oxygen atoms in total. The molecule has 1 atom stereocenters. The maximum Gasteiger partial charge on any atom is 0.168 e. The van der Waals surface area contributed by atoms with E-state index in [-0.39, 0.29) is 18.0 Å². The smallest absolute Gasteiger partial charge is 0.168 e. The normalized spacial score (nSPS) is 12.2. The van der Waals surface area contributed by atoms with Crippen LogP contribution in [0, 0.1) is 18.6 Å². The molecule has 0 aromatic heterocycles. The standard InChI is InChI=1S/C16H17F2NO/c1-10-6-7-12(17)9-13(10)14(19)8-11-4-3-5-15(20-2)16(11)18/h3-7,9,14H,8,19H2,1-2H3. The second kappa shape index (κ2) is 6.01. The van der Waals surface area contributed by atoms with Gasteiger partial charge in [-0.05, 0) is 48.2 Å². The predicted octanol–water partition coefficient (Wildman–Crippen LogP) is 3.52. The lowest BCUT2D eigenvalue weighted by atomic mass is 9.95. The largest absolute Gasteiger partial charge is 0.494 e. The third kappa shape index (κ3) is 2.96. The summed E-state index contributed by atoms with van der Waals surface area (Å²) in [7, 11) is 1.42. The molecule has 0 saturated carbocycles. The molecule has 106 valence electrons. The maximum atomic E-state index is 14.1. The number of aryl methyl sites for hydroxylation is 1. The average molecular weight is 277 g/mol. The van der Waals surface area contributed by atoms with E-state index in [9.17, 15) is 8.78 Å². The van der Waals surface area contributed by atoms with E-state index in [1.165, 1.54) is 19.2 Å².